The fourth-order valence-corrected chi connectivity index (χ4v) is 1.74. The lowest BCUT2D eigenvalue weighted by molar-refractivity contribution is -0.143. The molecule has 7 nitrogen and oxygen atoms in total. The first-order chi connectivity index (χ1) is 9.35. The highest BCUT2D eigenvalue weighted by atomic mass is 16.5. The zero-order valence-corrected chi connectivity index (χ0v) is 11.9. The van der Waals surface area contributed by atoms with Gasteiger partial charge in [0.2, 0.25) is 0 Å². The van der Waals surface area contributed by atoms with Crippen LogP contribution in [0.4, 0.5) is 0 Å². The van der Waals surface area contributed by atoms with Crippen molar-refractivity contribution in [3.8, 4) is 0 Å². The van der Waals surface area contributed by atoms with Crippen molar-refractivity contribution in [3.05, 3.63) is 0 Å². The number of hydrogen-bond donors (Lipinski definition) is 3. The lowest BCUT2D eigenvalue weighted by Gasteiger charge is -2.18. The third kappa shape index (κ3) is 10.7. The number of carbonyl (C=O) groups is 2. The monoisotopic (exact) mass is 292 g/mol. The molecule has 0 saturated heterocycles. The summed E-state index contributed by atoms with van der Waals surface area (Å²) in [4.78, 5) is 21.4. The second-order valence-electron chi connectivity index (χ2n) is 4.70. The van der Waals surface area contributed by atoms with E-state index in [9.17, 15) is 24.9 Å². The summed E-state index contributed by atoms with van der Waals surface area (Å²) in [6.45, 7) is 1.54. The van der Waals surface area contributed by atoms with E-state index in [4.69, 9.17) is 4.74 Å². The van der Waals surface area contributed by atoms with Crippen LogP contribution in [-0.4, -0.2) is 59.3 Å². The Bertz CT molecular complexity index is 292. The van der Waals surface area contributed by atoms with Crippen LogP contribution in [0, 0.1) is 0 Å². The minimum absolute atomic E-state index is 0.00386. The van der Waals surface area contributed by atoms with Crippen molar-refractivity contribution >= 4 is 11.9 Å². The maximum Gasteiger partial charge on any atom is 0.308 e. The molecule has 0 heterocycles. The molecule has 118 valence electrons. The molecule has 3 N–H and O–H groups in total. The SMILES string of the molecule is COC(=O)C[C@H](O)C[C@H](O)C[C@H](O)CCCOC(C)=O. The van der Waals surface area contributed by atoms with Crippen LogP contribution in [0.2, 0.25) is 0 Å². The predicted molar refractivity (Wildman–Crippen MR) is 69.8 cm³/mol. The first-order valence-corrected chi connectivity index (χ1v) is 6.59. The highest BCUT2D eigenvalue weighted by molar-refractivity contribution is 5.69. The zero-order chi connectivity index (χ0) is 15.5. The Kier molecular flexibility index (Phi) is 9.96. The van der Waals surface area contributed by atoms with Crippen molar-refractivity contribution in [1.29, 1.82) is 0 Å². The van der Waals surface area contributed by atoms with E-state index >= 15 is 0 Å². The van der Waals surface area contributed by atoms with Gasteiger partial charge in [-0.25, -0.2) is 0 Å². The van der Waals surface area contributed by atoms with E-state index in [-0.39, 0.29) is 31.8 Å². The third-order valence-corrected chi connectivity index (χ3v) is 2.71. The zero-order valence-electron chi connectivity index (χ0n) is 11.9. The molecular weight excluding hydrogens is 268 g/mol. The topological polar surface area (TPSA) is 113 Å². The van der Waals surface area contributed by atoms with Gasteiger partial charge in [-0.15, -0.1) is 0 Å². The molecule has 0 aliphatic rings. The molecule has 20 heavy (non-hydrogen) atoms. The van der Waals surface area contributed by atoms with Crippen molar-refractivity contribution in [1.82, 2.24) is 0 Å². The summed E-state index contributed by atoms with van der Waals surface area (Å²) in [6.07, 6.45) is -1.85. The van der Waals surface area contributed by atoms with Crippen LogP contribution in [0.1, 0.15) is 39.0 Å². The Labute approximate surface area is 118 Å². The van der Waals surface area contributed by atoms with E-state index in [1.54, 1.807) is 0 Å². The number of ether oxygens (including phenoxy) is 2. The standard InChI is InChI=1S/C13H24O7/c1-9(14)20-5-3-4-10(15)6-11(16)7-12(17)8-13(18)19-2/h10-12,15-17H,3-8H2,1-2H3/t10-,11-,12-/m1/s1. The Balaban J connectivity index is 3.75. The first kappa shape index (κ1) is 18.8. The van der Waals surface area contributed by atoms with Gasteiger partial charge < -0.3 is 24.8 Å². The van der Waals surface area contributed by atoms with E-state index in [0.717, 1.165) is 0 Å². The molecular formula is C13H24O7. The summed E-state index contributed by atoms with van der Waals surface area (Å²) in [7, 11) is 1.22. The van der Waals surface area contributed by atoms with Crippen LogP contribution in [0.15, 0.2) is 0 Å². The molecule has 0 aromatic carbocycles. The number of hydrogen-bond acceptors (Lipinski definition) is 7. The number of aliphatic hydroxyl groups excluding tert-OH is 3. The molecule has 0 aliphatic carbocycles. The van der Waals surface area contributed by atoms with E-state index in [2.05, 4.69) is 4.74 Å². The van der Waals surface area contributed by atoms with Gasteiger partial charge in [-0.05, 0) is 25.7 Å². The van der Waals surface area contributed by atoms with Crippen LogP contribution in [0.3, 0.4) is 0 Å². The maximum absolute atomic E-state index is 10.9. The number of aliphatic hydroxyl groups is 3. The van der Waals surface area contributed by atoms with Crippen molar-refractivity contribution in [2.75, 3.05) is 13.7 Å². The molecule has 0 aliphatic heterocycles. The molecule has 7 heteroatoms. The maximum atomic E-state index is 10.9. The highest BCUT2D eigenvalue weighted by Crippen LogP contribution is 2.12. The average Bonchev–Trinajstić information content (AvgIpc) is 2.33. The minimum atomic E-state index is -0.995. The summed E-state index contributed by atoms with van der Waals surface area (Å²) in [5.41, 5.74) is 0. The molecule has 0 unspecified atom stereocenters. The van der Waals surface area contributed by atoms with Gasteiger partial charge in [-0.3, -0.25) is 9.59 Å². The van der Waals surface area contributed by atoms with Gasteiger partial charge in [0.05, 0.1) is 38.4 Å². The Morgan fingerprint density at radius 2 is 1.65 bits per heavy atom. The Hall–Kier alpha value is -1.18. The second-order valence-corrected chi connectivity index (χ2v) is 4.70. The van der Waals surface area contributed by atoms with Crippen LogP contribution < -0.4 is 0 Å². The van der Waals surface area contributed by atoms with Crippen LogP contribution in [0.5, 0.6) is 0 Å². The number of esters is 2. The first-order valence-electron chi connectivity index (χ1n) is 6.59. The number of carbonyl (C=O) groups excluding carboxylic acids is 2. The van der Waals surface area contributed by atoms with E-state index in [1.807, 2.05) is 0 Å². The Morgan fingerprint density at radius 3 is 2.20 bits per heavy atom. The van der Waals surface area contributed by atoms with Gasteiger partial charge in [0.25, 0.3) is 0 Å². The normalized spacial score (nSPS) is 15.2. The smallest absolute Gasteiger partial charge is 0.308 e. The Morgan fingerprint density at radius 1 is 1.05 bits per heavy atom. The van der Waals surface area contributed by atoms with Crippen molar-refractivity contribution in [3.63, 3.8) is 0 Å². The summed E-state index contributed by atoms with van der Waals surface area (Å²) in [5.74, 6) is -0.919. The molecule has 0 aromatic heterocycles. The molecule has 0 amide bonds. The van der Waals surface area contributed by atoms with Gasteiger partial charge in [0.1, 0.15) is 0 Å². The fourth-order valence-electron chi connectivity index (χ4n) is 1.74. The largest absolute Gasteiger partial charge is 0.469 e. The van der Waals surface area contributed by atoms with E-state index < -0.39 is 24.3 Å². The number of methoxy groups -OCH3 is 1. The van der Waals surface area contributed by atoms with Gasteiger partial charge >= 0.3 is 11.9 Å². The molecule has 0 saturated carbocycles. The minimum Gasteiger partial charge on any atom is -0.469 e. The third-order valence-electron chi connectivity index (χ3n) is 2.71. The van der Waals surface area contributed by atoms with Gasteiger partial charge in [-0.2, -0.15) is 0 Å². The molecule has 0 radical (unpaired) electrons. The predicted octanol–water partition coefficient (Wildman–Crippen LogP) is -0.244. The molecule has 0 aromatic rings. The van der Waals surface area contributed by atoms with Crippen molar-refractivity contribution in [2.24, 2.45) is 0 Å². The highest BCUT2D eigenvalue weighted by Gasteiger charge is 2.18. The summed E-state index contributed by atoms with van der Waals surface area (Å²) in [5, 5.41) is 28.8. The second kappa shape index (κ2) is 10.6. The van der Waals surface area contributed by atoms with Crippen LogP contribution in [0.25, 0.3) is 0 Å². The fraction of sp³-hybridized carbons (Fsp3) is 0.846. The van der Waals surface area contributed by atoms with Crippen molar-refractivity contribution in [2.45, 2.75) is 57.3 Å². The summed E-state index contributed by atoms with van der Waals surface area (Å²) < 4.78 is 9.11. The molecule has 0 bridgehead atoms. The average molecular weight is 292 g/mol. The van der Waals surface area contributed by atoms with E-state index in [0.29, 0.717) is 12.8 Å². The molecule has 0 fully saturated rings. The van der Waals surface area contributed by atoms with E-state index in [1.165, 1.54) is 14.0 Å². The van der Waals surface area contributed by atoms with Gasteiger partial charge in [-0.1, -0.05) is 0 Å². The van der Waals surface area contributed by atoms with Crippen LogP contribution >= 0.6 is 0 Å². The van der Waals surface area contributed by atoms with Crippen molar-refractivity contribution < 1.29 is 34.4 Å². The van der Waals surface area contributed by atoms with Crippen LogP contribution in [-0.2, 0) is 19.1 Å². The molecule has 0 rings (SSSR count). The number of rotatable bonds is 10. The summed E-state index contributed by atoms with van der Waals surface area (Å²) in [6, 6.07) is 0. The van der Waals surface area contributed by atoms with Gasteiger partial charge in [0, 0.05) is 6.92 Å². The molecule has 0 spiro atoms. The lowest BCUT2D eigenvalue weighted by atomic mass is 10.0. The summed E-state index contributed by atoms with van der Waals surface area (Å²) >= 11 is 0. The quantitative estimate of drug-likeness (QED) is 0.376. The molecule has 3 atom stereocenters. The lowest BCUT2D eigenvalue weighted by Crippen LogP contribution is -2.25. The van der Waals surface area contributed by atoms with Gasteiger partial charge in [0.15, 0.2) is 0 Å².